The third-order valence-electron chi connectivity index (χ3n) is 4.75. The molecule has 0 atom stereocenters. The first-order valence-corrected chi connectivity index (χ1v) is 8.88. The van der Waals surface area contributed by atoms with Crippen molar-refractivity contribution in [3.63, 3.8) is 0 Å². The maximum Gasteiger partial charge on any atom is 0.309 e. The van der Waals surface area contributed by atoms with Gasteiger partial charge in [-0.15, -0.1) is 0 Å². The Morgan fingerprint density at radius 3 is 2.43 bits per heavy atom. The Kier molecular flexibility index (Phi) is 5.99. The lowest BCUT2D eigenvalue weighted by Gasteiger charge is -2.31. The summed E-state index contributed by atoms with van der Waals surface area (Å²) in [5, 5.41) is 8.87. The molecule has 0 radical (unpaired) electrons. The minimum absolute atomic E-state index is 0.149. The van der Waals surface area contributed by atoms with E-state index in [4.69, 9.17) is 10.00 Å². The van der Waals surface area contributed by atoms with Gasteiger partial charge < -0.3 is 9.64 Å². The smallest absolute Gasteiger partial charge is 0.309 e. The van der Waals surface area contributed by atoms with Crippen LogP contribution in [0.5, 0.6) is 0 Å². The molecule has 3 rings (SSSR count). The Labute approximate surface area is 161 Å². The first kappa shape index (κ1) is 19.5. The molecule has 1 fully saturated rings. The van der Waals surface area contributed by atoms with Crippen molar-refractivity contribution in [3.8, 4) is 6.07 Å². The third-order valence-corrected chi connectivity index (χ3v) is 4.75. The minimum Gasteiger partial charge on any atom is -0.460 e. The summed E-state index contributed by atoms with van der Waals surface area (Å²) in [5.74, 6) is -1.97. The van der Waals surface area contributed by atoms with Crippen molar-refractivity contribution in [2.45, 2.75) is 19.4 Å². The molecule has 1 amide bonds. The van der Waals surface area contributed by atoms with Crippen molar-refractivity contribution in [2.24, 2.45) is 5.92 Å². The van der Waals surface area contributed by atoms with E-state index >= 15 is 0 Å². The first-order chi connectivity index (χ1) is 13.5. The predicted molar refractivity (Wildman–Crippen MR) is 95.9 cm³/mol. The lowest BCUT2D eigenvalue weighted by Crippen LogP contribution is -2.40. The van der Waals surface area contributed by atoms with Crippen molar-refractivity contribution in [2.75, 3.05) is 13.1 Å². The Balaban J connectivity index is 1.52. The zero-order valence-corrected chi connectivity index (χ0v) is 15.0. The molecule has 1 aliphatic rings. The zero-order valence-electron chi connectivity index (χ0n) is 15.0. The SMILES string of the molecule is N#Cc1ccc(F)c(COC(=O)C2CCN(C(=O)c3ccc(F)cc3)CC2)c1. The molecule has 7 heteroatoms. The molecular formula is C21H18F2N2O3. The van der Waals surface area contributed by atoms with Crippen LogP contribution in [-0.2, 0) is 16.1 Å². The molecule has 0 aliphatic carbocycles. The van der Waals surface area contributed by atoms with Crippen molar-refractivity contribution < 1.29 is 23.1 Å². The van der Waals surface area contributed by atoms with Crippen LogP contribution in [0.15, 0.2) is 42.5 Å². The van der Waals surface area contributed by atoms with E-state index in [1.807, 2.05) is 6.07 Å². The van der Waals surface area contributed by atoms with Gasteiger partial charge in [-0.25, -0.2) is 8.78 Å². The first-order valence-electron chi connectivity index (χ1n) is 8.88. The van der Waals surface area contributed by atoms with Gasteiger partial charge in [0.15, 0.2) is 0 Å². The Morgan fingerprint density at radius 1 is 1.11 bits per heavy atom. The monoisotopic (exact) mass is 384 g/mol. The number of halogens is 2. The zero-order chi connectivity index (χ0) is 20.1. The van der Waals surface area contributed by atoms with Gasteiger partial charge in [0.25, 0.3) is 5.91 Å². The number of likely N-dealkylation sites (tertiary alicyclic amines) is 1. The van der Waals surface area contributed by atoms with Gasteiger partial charge in [0, 0.05) is 24.2 Å². The molecule has 0 spiro atoms. The highest BCUT2D eigenvalue weighted by atomic mass is 19.1. The standard InChI is InChI=1S/C21H18F2N2O3/c22-18-4-2-15(3-5-18)20(26)25-9-7-16(8-10-25)21(27)28-13-17-11-14(12-24)1-6-19(17)23/h1-6,11,16H,7-10,13H2. The lowest BCUT2D eigenvalue weighted by atomic mass is 9.96. The molecule has 1 aliphatic heterocycles. The normalized spacial score (nSPS) is 14.4. The number of esters is 1. The van der Waals surface area contributed by atoms with Crippen LogP contribution in [0.3, 0.4) is 0 Å². The highest BCUT2D eigenvalue weighted by Crippen LogP contribution is 2.21. The maximum absolute atomic E-state index is 13.8. The van der Waals surface area contributed by atoms with E-state index in [1.54, 1.807) is 4.90 Å². The number of benzene rings is 2. The molecule has 0 aromatic heterocycles. The van der Waals surface area contributed by atoms with Crippen molar-refractivity contribution in [1.29, 1.82) is 5.26 Å². The lowest BCUT2D eigenvalue weighted by molar-refractivity contribution is -0.151. The topological polar surface area (TPSA) is 70.4 Å². The van der Waals surface area contributed by atoms with Crippen LogP contribution in [0.2, 0.25) is 0 Å². The maximum atomic E-state index is 13.8. The van der Waals surface area contributed by atoms with Gasteiger partial charge in [-0.3, -0.25) is 9.59 Å². The van der Waals surface area contributed by atoms with Crippen molar-refractivity contribution in [1.82, 2.24) is 4.90 Å². The number of carbonyl (C=O) groups is 2. The van der Waals surface area contributed by atoms with Gasteiger partial charge in [-0.2, -0.15) is 5.26 Å². The molecular weight excluding hydrogens is 366 g/mol. The molecule has 2 aromatic rings. The Hall–Kier alpha value is -3.27. The highest BCUT2D eigenvalue weighted by Gasteiger charge is 2.29. The average molecular weight is 384 g/mol. The average Bonchev–Trinajstić information content (AvgIpc) is 2.73. The predicted octanol–water partition coefficient (Wildman–Crippen LogP) is 3.43. The molecule has 0 bridgehead atoms. The fourth-order valence-corrected chi connectivity index (χ4v) is 3.11. The number of ether oxygens (including phenoxy) is 1. The molecule has 0 saturated carbocycles. The van der Waals surface area contributed by atoms with Gasteiger partial charge in [0.05, 0.1) is 17.6 Å². The molecule has 2 aromatic carbocycles. The van der Waals surface area contributed by atoms with Gasteiger partial charge in [0.1, 0.15) is 18.2 Å². The highest BCUT2D eigenvalue weighted by molar-refractivity contribution is 5.94. The molecule has 0 unspecified atom stereocenters. The Morgan fingerprint density at radius 2 is 1.79 bits per heavy atom. The van der Waals surface area contributed by atoms with Crippen molar-refractivity contribution >= 4 is 11.9 Å². The fourth-order valence-electron chi connectivity index (χ4n) is 3.11. The number of nitrogens with zero attached hydrogens (tertiary/aromatic N) is 2. The summed E-state index contributed by atoms with van der Waals surface area (Å²) in [5.41, 5.74) is 0.840. The van der Waals surface area contributed by atoms with Gasteiger partial charge in [0.2, 0.25) is 0 Å². The van der Waals surface area contributed by atoms with Crippen LogP contribution < -0.4 is 0 Å². The van der Waals surface area contributed by atoms with Crippen LogP contribution in [0.25, 0.3) is 0 Å². The summed E-state index contributed by atoms with van der Waals surface area (Å²) in [4.78, 5) is 26.3. The van der Waals surface area contributed by atoms with E-state index in [0.717, 1.165) is 0 Å². The second kappa shape index (κ2) is 8.61. The van der Waals surface area contributed by atoms with E-state index < -0.39 is 17.6 Å². The van der Waals surface area contributed by atoms with Crippen LogP contribution in [-0.4, -0.2) is 29.9 Å². The molecule has 5 nitrogen and oxygen atoms in total. The van der Waals surface area contributed by atoms with E-state index in [-0.39, 0.29) is 24.0 Å². The second-order valence-corrected chi connectivity index (χ2v) is 6.60. The third kappa shape index (κ3) is 4.52. The summed E-state index contributed by atoms with van der Waals surface area (Å²) in [6.07, 6.45) is 0.874. The number of rotatable bonds is 4. The van der Waals surface area contributed by atoms with E-state index in [2.05, 4.69) is 0 Å². The van der Waals surface area contributed by atoms with Gasteiger partial charge >= 0.3 is 5.97 Å². The van der Waals surface area contributed by atoms with Gasteiger partial charge in [-0.1, -0.05) is 0 Å². The number of hydrogen-bond acceptors (Lipinski definition) is 4. The van der Waals surface area contributed by atoms with Crippen LogP contribution in [0.4, 0.5) is 8.78 Å². The van der Waals surface area contributed by atoms with E-state index in [9.17, 15) is 18.4 Å². The van der Waals surface area contributed by atoms with E-state index in [0.29, 0.717) is 37.1 Å². The van der Waals surface area contributed by atoms with E-state index in [1.165, 1.54) is 42.5 Å². The number of amides is 1. The largest absolute Gasteiger partial charge is 0.460 e. The number of nitriles is 1. The van der Waals surface area contributed by atoms with Gasteiger partial charge in [-0.05, 0) is 55.3 Å². The molecule has 1 saturated heterocycles. The van der Waals surface area contributed by atoms with Crippen LogP contribution >= 0.6 is 0 Å². The van der Waals surface area contributed by atoms with Crippen LogP contribution in [0.1, 0.15) is 34.3 Å². The summed E-state index contributed by atoms with van der Waals surface area (Å²) in [6.45, 7) is 0.525. The number of carbonyl (C=O) groups excluding carboxylic acids is 2. The quantitative estimate of drug-likeness (QED) is 0.758. The molecule has 1 heterocycles. The second-order valence-electron chi connectivity index (χ2n) is 6.60. The number of hydrogen-bond donors (Lipinski definition) is 0. The molecule has 144 valence electrons. The minimum atomic E-state index is -0.536. The summed E-state index contributed by atoms with van der Waals surface area (Å²) < 4.78 is 31.9. The summed E-state index contributed by atoms with van der Waals surface area (Å²) in [7, 11) is 0. The molecule has 28 heavy (non-hydrogen) atoms. The molecule has 0 N–H and O–H groups in total. The van der Waals surface area contributed by atoms with Crippen molar-refractivity contribution in [3.05, 3.63) is 70.8 Å². The number of piperidine rings is 1. The Bertz CT molecular complexity index is 914. The summed E-state index contributed by atoms with van der Waals surface area (Å²) >= 11 is 0. The fraction of sp³-hybridized carbons (Fsp3) is 0.286. The summed E-state index contributed by atoms with van der Waals surface area (Å²) in [6, 6.07) is 11.1. The van der Waals surface area contributed by atoms with Crippen LogP contribution in [0, 0.1) is 28.9 Å².